The van der Waals surface area contributed by atoms with Crippen LogP contribution in [0.3, 0.4) is 0 Å². The third-order valence-electron chi connectivity index (χ3n) is 4.80. The van der Waals surface area contributed by atoms with E-state index in [2.05, 4.69) is 30.4 Å². The standard InChI is InChI=1S/C16H23NO/c1-3-13-9-16-12(10-17-13)5-4-11-8-14(18-2)6-7-15(11)16/h6-8,12-13,16-17H,3-5,9-10H2,1-2H3. The van der Waals surface area contributed by atoms with Crippen molar-refractivity contribution in [2.75, 3.05) is 13.7 Å². The number of hydrogen-bond acceptors (Lipinski definition) is 2. The van der Waals surface area contributed by atoms with Crippen LogP contribution in [-0.2, 0) is 6.42 Å². The molecule has 1 heterocycles. The molecule has 2 aliphatic rings. The smallest absolute Gasteiger partial charge is 0.119 e. The maximum atomic E-state index is 5.35. The SMILES string of the molecule is CCC1CC2c3ccc(OC)cc3CCC2CN1. The summed E-state index contributed by atoms with van der Waals surface area (Å²) in [6.45, 7) is 3.49. The summed E-state index contributed by atoms with van der Waals surface area (Å²) in [6, 6.07) is 7.39. The van der Waals surface area contributed by atoms with E-state index in [9.17, 15) is 0 Å². The minimum atomic E-state index is 0.708. The Hall–Kier alpha value is -1.02. The highest BCUT2D eigenvalue weighted by Gasteiger charge is 2.34. The fraction of sp³-hybridized carbons (Fsp3) is 0.625. The Morgan fingerprint density at radius 3 is 3.06 bits per heavy atom. The molecule has 1 aromatic carbocycles. The first-order valence-electron chi connectivity index (χ1n) is 7.22. The molecule has 18 heavy (non-hydrogen) atoms. The van der Waals surface area contributed by atoms with Gasteiger partial charge >= 0.3 is 0 Å². The van der Waals surface area contributed by atoms with E-state index in [-0.39, 0.29) is 0 Å². The van der Waals surface area contributed by atoms with Crippen molar-refractivity contribution < 1.29 is 4.74 Å². The third-order valence-corrected chi connectivity index (χ3v) is 4.80. The van der Waals surface area contributed by atoms with Crippen LogP contribution < -0.4 is 10.1 Å². The number of nitrogens with one attached hydrogen (secondary N) is 1. The van der Waals surface area contributed by atoms with Crippen LogP contribution in [0.2, 0.25) is 0 Å². The molecular formula is C16H23NO. The van der Waals surface area contributed by atoms with Gasteiger partial charge in [-0.1, -0.05) is 13.0 Å². The molecule has 1 saturated heterocycles. The molecule has 0 bridgehead atoms. The topological polar surface area (TPSA) is 21.3 Å². The van der Waals surface area contributed by atoms with Crippen molar-refractivity contribution in [2.45, 2.75) is 44.6 Å². The highest BCUT2D eigenvalue weighted by Crippen LogP contribution is 2.42. The van der Waals surface area contributed by atoms with Crippen molar-refractivity contribution in [3.05, 3.63) is 29.3 Å². The van der Waals surface area contributed by atoms with E-state index in [1.165, 1.54) is 37.8 Å². The second-order valence-corrected chi connectivity index (χ2v) is 5.72. The van der Waals surface area contributed by atoms with E-state index in [4.69, 9.17) is 4.74 Å². The highest BCUT2D eigenvalue weighted by molar-refractivity contribution is 5.40. The fourth-order valence-electron chi connectivity index (χ4n) is 3.67. The lowest BCUT2D eigenvalue weighted by Crippen LogP contribution is -2.44. The van der Waals surface area contributed by atoms with E-state index in [1.807, 2.05) is 0 Å². The van der Waals surface area contributed by atoms with Gasteiger partial charge in [0.15, 0.2) is 0 Å². The molecule has 0 radical (unpaired) electrons. The summed E-state index contributed by atoms with van der Waals surface area (Å²) in [6.07, 6.45) is 5.09. The second-order valence-electron chi connectivity index (χ2n) is 5.72. The summed E-state index contributed by atoms with van der Waals surface area (Å²) in [4.78, 5) is 0. The Labute approximate surface area is 110 Å². The number of benzene rings is 1. The first-order chi connectivity index (χ1) is 8.81. The number of piperidine rings is 1. The molecule has 2 heteroatoms. The lowest BCUT2D eigenvalue weighted by molar-refractivity contribution is 0.241. The van der Waals surface area contributed by atoms with Gasteiger partial charge in [-0.25, -0.2) is 0 Å². The van der Waals surface area contributed by atoms with Crippen molar-refractivity contribution in [3.8, 4) is 5.75 Å². The molecular weight excluding hydrogens is 222 g/mol. The quantitative estimate of drug-likeness (QED) is 0.864. The average Bonchev–Trinajstić information content (AvgIpc) is 2.45. The predicted octanol–water partition coefficient (Wildman–Crippen LogP) is 3.11. The number of aryl methyl sites for hydroxylation is 1. The Bertz CT molecular complexity index is 429. The van der Waals surface area contributed by atoms with Gasteiger partial charge in [0.2, 0.25) is 0 Å². The zero-order valence-electron chi connectivity index (χ0n) is 11.4. The van der Waals surface area contributed by atoms with Crippen LogP contribution in [-0.4, -0.2) is 19.7 Å². The van der Waals surface area contributed by atoms with Crippen LogP contribution in [0, 0.1) is 5.92 Å². The molecule has 1 fully saturated rings. The van der Waals surface area contributed by atoms with Gasteiger partial charge < -0.3 is 10.1 Å². The van der Waals surface area contributed by atoms with E-state index in [0.717, 1.165) is 17.6 Å². The number of ether oxygens (including phenoxy) is 1. The van der Waals surface area contributed by atoms with Crippen molar-refractivity contribution in [2.24, 2.45) is 5.92 Å². The van der Waals surface area contributed by atoms with Crippen LogP contribution in [0.1, 0.15) is 43.2 Å². The van der Waals surface area contributed by atoms with Crippen LogP contribution in [0.4, 0.5) is 0 Å². The summed E-state index contributed by atoms with van der Waals surface area (Å²) in [7, 11) is 1.75. The van der Waals surface area contributed by atoms with Crippen LogP contribution in [0.5, 0.6) is 5.75 Å². The zero-order valence-corrected chi connectivity index (χ0v) is 11.4. The molecule has 3 atom stereocenters. The second kappa shape index (κ2) is 4.93. The molecule has 2 nitrogen and oxygen atoms in total. The van der Waals surface area contributed by atoms with E-state index in [0.29, 0.717) is 6.04 Å². The molecule has 1 aliphatic carbocycles. The van der Waals surface area contributed by atoms with Crippen LogP contribution in [0.15, 0.2) is 18.2 Å². The summed E-state index contributed by atoms with van der Waals surface area (Å²) < 4.78 is 5.35. The maximum absolute atomic E-state index is 5.35. The Kier molecular flexibility index (Phi) is 3.29. The Morgan fingerprint density at radius 2 is 2.28 bits per heavy atom. The normalized spacial score (nSPS) is 30.4. The molecule has 0 aromatic heterocycles. The van der Waals surface area contributed by atoms with E-state index in [1.54, 1.807) is 12.7 Å². The van der Waals surface area contributed by atoms with Crippen molar-refractivity contribution in [1.29, 1.82) is 0 Å². The number of rotatable bonds is 2. The van der Waals surface area contributed by atoms with Crippen molar-refractivity contribution in [1.82, 2.24) is 5.32 Å². The van der Waals surface area contributed by atoms with Gasteiger partial charge in [-0.2, -0.15) is 0 Å². The van der Waals surface area contributed by atoms with Gasteiger partial charge in [0.25, 0.3) is 0 Å². The van der Waals surface area contributed by atoms with Gasteiger partial charge in [-0.3, -0.25) is 0 Å². The Balaban J connectivity index is 1.90. The lowest BCUT2D eigenvalue weighted by Gasteiger charge is -2.41. The van der Waals surface area contributed by atoms with E-state index >= 15 is 0 Å². The van der Waals surface area contributed by atoms with Crippen LogP contribution in [0.25, 0.3) is 0 Å². The summed E-state index contributed by atoms with van der Waals surface area (Å²) in [5.74, 6) is 2.62. The van der Waals surface area contributed by atoms with Crippen LogP contribution >= 0.6 is 0 Å². The fourth-order valence-corrected chi connectivity index (χ4v) is 3.67. The summed E-state index contributed by atoms with van der Waals surface area (Å²) in [5, 5.41) is 3.70. The molecule has 0 amide bonds. The summed E-state index contributed by atoms with van der Waals surface area (Å²) >= 11 is 0. The van der Waals surface area contributed by atoms with Gasteiger partial charge in [0, 0.05) is 6.04 Å². The summed E-state index contributed by atoms with van der Waals surface area (Å²) in [5.41, 5.74) is 3.11. The molecule has 1 aliphatic heterocycles. The predicted molar refractivity (Wildman–Crippen MR) is 74.2 cm³/mol. The third kappa shape index (κ3) is 2.03. The lowest BCUT2D eigenvalue weighted by atomic mass is 9.70. The minimum Gasteiger partial charge on any atom is -0.497 e. The molecule has 3 unspecified atom stereocenters. The average molecular weight is 245 g/mol. The van der Waals surface area contributed by atoms with Gasteiger partial charge in [0.1, 0.15) is 5.75 Å². The maximum Gasteiger partial charge on any atom is 0.119 e. The largest absolute Gasteiger partial charge is 0.497 e. The first kappa shape index (κ1) is 12.0. The molecule has 3 rings (SSSR count). The van der Waals surface area contributed by atoms with Gasteiger partial charge in [0.05, 0.1) is 7.11 Å². The monoisotopic (exact) mass is 245 g/mol. The van der Waals surface area contributed by atoms with E-state index < -0.39 is 0 Å². The molecule has 1 aromatic rings. The van der Waals surface area contributed by atoms with Gasteiger partial charge in [-0.05, 0) is 67.3 Å². The minimum absolute atomic E-state index is 0.708. The highest BCUT2D eigenvalue weighted by atomic mass is 16.5. The van der Waals surface area contributed by atoms with Crippen molar-refractivity contribution >= 4 is 0 Å². The number of fused-ring (bicyclic) bond motifs is 3. The number of hydrogen-bond donors (Lipinski definition) is 1. The molecule has 98 valence electrons. The molecule has 0 spiro atoms. The molecule has 1 N–H and O–H groups in total. The number of methoxy groups -OCH3 is 1. The van der Waals surface area contributed by atoms with Gasteiger partial charge in [-0.15, -0.1) is 0 Å². The Morgan fingerprint density at radius 1 is 1.39 bits per heavy atom. The zero-order chi connectivity index (χ0) is 12.5. The first-order valence-corrected chi connectivity index (χ1v) is 7.22. The van der Waals surface area contributed by atoms with Crippen molar-refractivity contribution in [3.63, 3.8) is 0 Å². The molecule has 0 saturated carbocycles.